The van der Waals surface area contributed by atoms with E-state index in [0.29, 0.717) is 0 Å². The summed E-state index contributed by atoms with van der Waals surface area (Å²) in [5, 5.41) is 0. The van der Waals surface area contributed by atoms with Gasteiger partial charge in [-0.1, -0.05) is 6.07 Å². The number of amides is 1. The molecule has 0 fully saturated rings. The van der Waals surface area contributed by atoms with Crippen LogP contribution in [0, 0.1) is 0 Å². The minimum atomic E-state index is -4.74. The third-order valence-corrected chi connectivity index (χ3v) is 2.02. The van der Waals surface area contributed by atoms with Gasteiger partial charge in [-0.3, -0.25) is 4.79 Å². The lowest BCUT2D eigenvalue weighted by Gasteiger charge is -2.16. The van der Waals surface area contributed by atoms with Crippen molar-refractivity contribution >= 4 is 5.91 Å². The van der Waals surface area contributed by atoms with Crippen molar-refractivity contribution in [2.24, 2.45) is 5.73 Å². The molecule has 0 unspecified atom stereocenters. The van der Waals surface area contributed by atoms with Crippen LogP contribution in [0.5, 0.6) is 11.5 Å². The van der Waals surface area contributed by atoms with Gasteiger partial charge in [-0.05, 0) is 12.1 Å². The van der Waals surface area contributed by atoms with Crippen LogP contribution in [0.3, 0.4) is 0 Å². The largest absolute Gasteiger partial charge is 0.480 e. The van der Waals surface area contributed by atoms with Crippen LogP contribution >= 0.6 is 0 Å². The molecule has 1 amide bonds. The lowest BCUT2D eigenvalue weighted by Crippen LogP contribution is -2.23. The zero-order chi connectivity index (χ0) is 16.3. The summed E-state index contributed by atoms with van der Waals surface area (Å²) in [6, 6.07) is 3.05. The van der Waals surface area contributed by atoms with Gasteiger partial charge in [0, 0.05) is 0 Å². The molecule has 0 radical (unpaired) electrons. The van der Waals surface area contributed by atoms with Crippen molar-refractivity contribution in [2.75, 3.05) is 13.2 Å². The van der Waals surface area contributed by atoms with E-state index in [9.17, 15) is 31.1 Å². The number of benzene rings is 1. The predicted molar refractivity (Wildman–Crippen MR) is 58.1 cm³/mol. The fourth-order valence-electron chi connectivity index (χ4n) is 1.29. The highest BCUT2D eigenvalue weighted by atomic mass is 19.4. The van der Waals surface area contributed by atoms with E-state index in [-0.39, 0.29) is 0 Å². The summed E-state index contributed by atoms with van der Waals surface area (Å²) in [5.74, 6) is -2.61. The van der Waals surface area contributed by atoms with Crippen LogP contribution in [-0.2, 0) is 0 Å². The highest BCUT2D eigenvalue weighted by molar-refractivity contribution is 5.96. The van der Waals surface area contributed by atoms with E-state index >= 15 is 0 Å². The molecule has 4 nitrogen and oxygen atoms in total. The lowest BCUT2D eigenvalue weighted by molar-refractivity contribution is -0.158. The summed E-state index contributed by atoms with van der Waals surface area (Å²) in [4.78, 5) is 11.1. The van der Waals surface area contributed by atoms with Crippen LogP contribution in [0.2, 0.25) is 0 Å². The second kappa shape index (κ2) is 6.10. The molecule has 0 aliphatic carbocycles. The third-order valence-electron chi connectivity index (χ3n) is 2.02. The number of alkyl halides is 6. The maximum absolute atomic E-state index is 12.1. The molecular weight excluding hydrogens is 308 g/mol. The van der Waals surface area contributed by atoms with Gasteiger partial charge in [0.25, 0.3) is 5.91 Å². The molecule has 0 bridgehead atoms. The number of primary amides is 1. The molecule has 0 spiro atoms. The second-order valence-electron chi connectivity index (χ2n) is 3.80. The molecule has 0 atom stereocenters. The second-order valence-corrected chi connectivity index (χ2v) is 3.80. The molecule has 1 aromatic carbocycles. The van der Waals surface area contributed by atoms with Crippen LogP contribution in [0.1, 0.15) is 10.4 Å². The molecule has 0 saturated heterocycles. The third kappa shape index (κ3) is 5.79. The number of carbonyl (C=O) groups excluding carboxylic acids is 1. The molecule has 21 heavy (non-hydrogen) atoms. The number of nitrogens with two attached hydrogens (primary N) is 1. The molecule has 0 saturated carbocycles. The smallest absolute Gasteiger partial charge is 0.422 e. The normalized spacial score (nSPS) is 12.1. The zero-order valence-corrected chi connectivity index (χ0v) is 10.2. The van der Waals surface area contributed by atoms with Crippen molar-refractivity contribution in [3.05, 3.63) is 23.8 Å². The number of ether oxygens (including phenoxy) is 2. The van der Waals surface area contributed by atoms with Crippen LogP contribution in [0.4, 0.5) is 26.3 Å². The first-order chi connectivity index (χ1) is 9.49. The standard InChI is InChI=1S/C11H9F6NO3/c12-10(13,14)4-20-7-3-1-2-6(9(18)19)8(7)21-5-11(15,16)17/h1-3H,4-5H2,(H2,18,19). The van der Waals surface area contributed by atoms with E-state index in [1.165, 1.54) is 0 Å². The van der Waals surface area contributed by atoms with Crippen LogP contribution in [0.25, 0.3) is 0 Å². The predicted octanol–water partition coefficient (Wildman–Crippen LogP) is 2.67. The van der Waals surface area contributed by atoms with Crippen LogP contribution in [0.15, 0.2) is 18.2 Å². The molecule has 1 aromatic rings. The highest BCUT2D eigenvalue weighted by Gasteiger charge is 2.32. The first-order valence-corrected chi connectivity index (χ1v) is 5.31. The molecule has 0 aromatic heterocycles. The van der Waals surface area contributed by atoms with Gasteiger partial charge in [-0.2, -0.15) is 26.3 Å². The average molecular weight is 317 g/mol. The maximum Gasteiger partial charge on any atom is 0.422 e. The number of halogens is 6. The van der Waals surface area contributed by atoms with E-state index in [4.69, 9.17) is 5.73 Å². The van der Waals surface area contributed by atoms with Crippen molar-refractivity contribution in [2.45, 2.75) is 12.4 Å². The minimum Gasteiger partial charge on any atom is -0.480 e. The van der Waals surface area contributed by atoms with Gasteiger partial charge >= 0.3 is 12.4 Å². The molecule has 0 heterocycles. The highest BCUT2D eigenvalue weighted by Crippen LogP contribution is 2.33. The summed E-state index contributed by atoms with van der Waals surface area (Å²) < 4.78 is 81.2. The SMILES string of the molecule is NC(=O)c1cccc(OCC(F)(F)F)c1OCC(F)(F)F. The van der Waals surface area contributed by atoms with Gasteiger partial charge in [-0.15, -0.1) is 0 Å². The van der Waals surface area contributed by atoms with Crippen LogP contribution < -0.4 is 15.2 Å². The summed E-state index contributed by atoms with van der Waals surface area (Å²) in [7, 11) is 0. The van der Waals surface area contributed by atoms with Gasteiger partial charge < -0.3 is 15.2 Å². The summed E-state index contributed by atoms with van der Waals surface area (Å²) in [6.07, 6.45) is -9.45. The van der Waals surface area contributed by atoms with Gasteiger partial charge in [0.2, 0.25) is 0 Å². The first kappa shape index (κ1) is 16.9. The van der Waals surface area contributed by atoms with E-state index in [1.54, 1.807) is 0 Å². The molecule has 0 aliphatic rings. The van der Waals surface area contributed by atoms with Gasteiger partial charge in [-0.25, -0.2) is 0 Å². The monoisotopic (exact) mass is 317 g/mol. The van der Waals surface area contributed by atoms with Crippen molar-refractivity contribution in [3.63, 3.8) is 0 Å². The summed E-state index contributed by atoms with van der Waals surface area (Å²) in [6.45, 7) is -3.56. The minimum absolute atomic E-state index is 0.515. The molecule has 1 rings (SSSR count). The van der Waals surface area contributed by atoms with Crippen molar-refractivity contribution in [1.29, 1.82) is 0 Å². The molecule has 118 valence electrons. The average Bonchev–Trinajstić information content (AvgIpc) is 2.31. The van der Waals surface area contributed by atoms with Gasteiger partial charge in [0.15, 0.2) is 24.7 Å². The molecular formula is C11H9F6NO3. The molecule has 2 N–H and O–H groups in total. The Morgan fingerprint density at radius 3 is 2.00 bits per heavy atom. The number of hydrogen-bond donors (Lipinski definition) is 1. The van der Waals surface area contributed by atoms with Gasteiger partial charge in [0.05, 0.1) is 5.56 Å². The number of carbonyl (C=O) groups is 1. The Morgan fingerprint density at radius 1 is 1.00 bits per heavy atom. The number of para-hydroxylation sites is 1. The lowest BCUT2D eigenvalue weighted by atomic mass is 10.2. The number of rotatable bonds is 5. The Bertz CT molecular complexity index is 512. The fourth-order valence-corrected chi connectivity index (χ4v) is 1.29. The fraction of sp³-hybridized carbons (Fsp3) is 0.364. The van der Waals surface area contributed by atoms with Crippen molar-refractivity contribution in [3.8, 4) is 11.5 Å². The summed E-state index contributed by atoms with van der Waals surface area (Å²) in [5.41, 5.74) is 4.41. The number of hydrogen-bond acceptors (Lipinski definition) is 3. The van der Waals surface area contributed by atoms with Gasteiger partial charge in [0.1, 0.15) is 0 Å². The Hall–Kier alpha value is -2.13. The molecule has 10 heteroatoms. The quantitative estimate of drug-likeness (QED) is 0.849. The first-order valence-electron chi connectivity index (χ1n) is 5.31. The van der Waals surface area contributed by atoms with Crippen LogP contribution in [-0.4, -0.2) is 31.5 Å². The Morgan fingerprint density at radius 2 is 1.52 bits per heavy atom. The van der Waals surface area contributed by atoms with E-state index in [1.807, 2.05) is 0 Å². The van der Waals surface area contributed by atoms with Crippen molar-refractivity contribution in [1.82, 2.24) is 0 Å². The molecule has 0 aliphatic heterocycles. The Balaban J connectivity index is 3.05. The maximum atomic E-state index is 12.1. The topological polar surface area (TPSA) is 61.6 Å². The van der Waals surface area contributed by atoms with E-state index < -0.39 is 48.5 Å². The van der Waals surface area contributed by atoms with E-state index in [0.717, 1.165) is 18.2 Å². The zero-order valence-electron chi connectivity index (χ0n) is 10.2. The van der Waals surface area contributed by atoms with Crippen molar-refractivity contribution < 1.29 is 40.6 Å². The summed E-state index contributed by atoms with van der Waals surface area (Å²) >= 11 is 0. The van der Waals surface area contributed by atoms with E-state index in [2.05, 4.69) is 9.47 Å². The Kier molecular flexibility index (Phi) is 4.92. The Labute approximate surface area is 114 Å².